The first-order valence-electron chi connectivity index (χ1n) is 8.30. The van der Waals surface area contributed by atoms with Gasteiger partial charge in [-0.25, -0.2) is 0 Å². The molecule has 0 bridgehead atoms. The molecule has 1 N–H and O–H groups in total. The van der Waals surface area contributed by atoms with Gasteiger partial charge in [0.15, 0.2) is 0 Å². The summed E-state index contributed by atoms with van der Waals surface area (Å²) in [6, 6.07) is 20.5. The van der Waals surface area contributed by atoms with E-state index in [2.05, 4.69) is 66.0 Å². The lowest BCUT2D eigenvalue weighted by Gasteiger charge is -2.06. The monoisotopic (exact) mass is 317 g/mol. The summed E-state index contributed by atoms with van der Waals surface area (Å²) >= 11 is 0. The Balaban J connectivity index is 1.72. The molecule has 3 heteroatoms. The van der Waals surface area contributed by atoms with E-state index in [-0.39, 0.29) is 0 Å². The average molecular weight is 317 g/mol. The Morgan fingerprint density at radius 2 is 1.62 bits per heavy atom. The van der Waals surface area contributed by atoms with Crippen molar-refractivity contribution in [3.8, 4) is 0 Å². The van der Waals surface area contributed by atoms with Crippen molar-refractivity contribution in [1.29, 1.82) is 0 Å². The molecule has 2 aromatic carbocycles. The lowest BCUT2D eigenvalue weighted by molar-refractivity contribution is 0.718. The molecule has 3 nitrogen and oxygen atoms in total. The number of rotatable bonds is 5. The van der Waals surface area contributed by atoms with Gasteiger partial charge in [0.2, 0.25) is 0 Å². The van der Waals surface area contributed by atoms with E-state index in [1.54, 1.807) is 0 Å². The fraction of sp³-hybridized carbons (Fsp3) is 0.190. The minimum atomic E-state index is 0.954. The van der Waals surface area contributed by atoms with E-state index in [1.165, 1.54) is 17.0 Å². The number of aryl methyl sites for hydroxylation is 1. The van der Waals surface area contributed by atoms with Crippen LogP contribution in [0.5, 0.6) is 0 Å². The zero-order chi connectivity index (χ0) is 16.9. The molecule has 0 atom stereocenters. The molecule has 0 aliphatic rings. The summed E-state index contributed by atoms with van der Waals surface area (Å²) in [6.45, 7) is 7.44. The molecule has 0 aliphatic heterocycles. The fourth-order valence-corrected chi connectivity index (χ4v) is 2.91. The first-order chi connectivity index (χ1) is 11.7. The van der Waals surface area contributed by atoms with Crippen LogP contribution in [0.15, 0.2) is 65.7 Å². The molecule has 0 spiro atoms. The van der Waals surface area contributed by atoms with Crippen molar-refractivity contribution in [2.75, 3.05) is 5.32 Å². The Hall–Kier alpha value is -2.81. The van der Waals surface area contributed by atoms with Crippen LogP contribution < -0.4 is 5.32 Å². The van der Waals surface area contributed by atoms with Gasteiger partial charge >= 0.3 is 0 Å². The van der Waals surface area contributed by atoms with Crippen molar-refractivity contribution in [3.63, 3.8) is 0 Å². The Morgan fingerprint density at radius 3 is 2.25 bits per heavy atom. The number of anilines is 2. The maximum atomic E-state index is 4.61. The highest BCUT2D eigenvalue weighted by molar-refractivity contribution is 5.84. The van der Waals surface area contributed by atoms with E-state index in [4.69, 9.17) is 0 Å². The predicted molar refractivity (Wildman–Crippen MR) is 103 cm³/mol. The smallest absolute Gasteiger partial charge is 0.0631 e. The number of hydrogen-bond acceptors (Lipinski definition) is 2. The first-order valence-corrected chi connectivity index (χ1v) is 8.30. The van der Waals surface area contributed by atoms with E-state index in [1.807, 2.05) is 36.5 Å². The molecule has 122 valence electrons. The maximum absolute atomic E-state index is 4.61. The molecular weight excluding hydrogens is 294 g/mol. The second kappa shape index (κ2) is 7.18. The van der Waals surface area contributed by atoms with Crippen molar-refractivity contribution in [3.05, 3.63) is 77.6 Å². The van der Waals surface area contributed by atoms with Gasteiger partial charge in [0.1, 0.15) is 0 Å². The van der Waals surface area contributed by atoms with Crippen LogP contribution in [0.25, 0.3) is 0 Å². The van der Waals surface area contributed by atoms with Crippen molar-refractivity contribution in [2.45, 2.75) is 27.3 Å². The molecule has 0 fully saturated rings. The SMILES string of the molecule is CCn1c(C)cc(C=Nc2ccc(Nc3ccccc3)cc2)c1C. The molecule has 0 radical (unpaired) electrons. The average Bonchev–Trinajstić information content (AvgIpc) is 2.88. The molecule has 0 amide bonds. The van der Waals surface area contributed by atoms with Crippen LogP contribution >= 0.6 is 0 Å². The number of nitrogens with one attached hydrogen (secondary N) is 1. The van der Waals surface area contributed by atoms with Crippen LogP contribution in [0.4, 0.5) is 17.1 Å². The Bertz CT molecular complexity index is 828. The molecule has 3 aromatic rings. The summed E-state index contributed by atoms with van der Waals surface area (Å²) in [5.74, 6) is 0. The highest BCUT2D eigenvalue weighted by Gasteiger charge is 2.05. The van der Waals surface area contributed by atoms with E-state index < -0.39 is 0 Å². The minimum absolute atomic E-state index is 0.954. The van der Waals surface area contributed by atoms with E-state index in [0.717, 1.165) is 23.6 Å². The molecule has 0 saturated heterocycles. The molecule has 0 unspecified atom stereocenters. The van der Waals surface area contributed by atoms with Crippen LogP contribution in [0, 0.1) is 13.8 Å². The Morgan fingerprint density at radius 1 is 0.958 bits per heavy atom. The van der Waals surface area contributed by atoms with Crippen LogP contribution in [0.3, 0.4) is 0 Å². The van der Waals surface area contributed by atoms with Crippen molar-refractivity contribution in [1.82, 2.24) is 4.57 Å². The molecule has 3 rings (SSSR count). The number of hydrogen-bond donors (Lipinski definition) is 1. The summed E-state index contributed by atoms with van der Waals surface area (Å²) in [4.78, 5) is 4.61. The van der Waals surface area contributed by atoms with Gasteiger partial charge in [0, 0.05) is 41.1 Å². The van der Waals surface area contributed by atoms with Crippen molar-refractivity contribution >= 4 is 23.3 Å². The van der Waals surface area contributed by atoms with Gasteiger partial charge in [0.25, 0.3) is 0 Å². The number of aromatic nitrogens is 1. The number of nitrogens with zero attached hydrogens (tertiary/aromatic N) is 2. The van der Waals surface area contributed by atoms with E-state index >= 15 is 0 Å². The molecule has 24 heavy (non-hydrogen) atoms. The second-order valence-corrected chi connectivity index (χ2v) is 5.87. The van der Waals surface area contributed by atoms with Gasteiger partial charge in [-0.3, -0.25) is 4.99 Å². The Labute approximate surface area is 143 Å². The summed E-state index contributed by atoms with van der Waals surface area (Å²) < 4.78 is 2.30. The topological polar surface area (TPSA) is 29.3 Å². The van der Waals surface area contributed by atoms with E-state index in [0.29, 0.717) is 0 Å². The highest BCUT2D eigenvalue weighted by atomic mass is 15.0. The Kier molecular flexibility index (Phi) is 4.80. The maximum Gasteiger partial charge on any atom is 0.0631 e. The molecular formula is C21H23N3. The van der Waals surface area contributed by atoms with Gasteiger partial charge in [0.05, 0.1) is 5.69 Å². The lowest BCUT2D eigenvalue weighted by Crippen LogP contribution is -1.99. The van der Waals surface area contributed by atoms with Gasteiger partial charge in [-0.1, -0.05) is 18.2 Å². The second-order valence-electron chi connectivity index (χ2n) is 5.87. The summed E-state index contributed by atoms with van der Waals surface area (Å²) in [6.07, 6.45) is 1.95. The van der Waals surface area contributed by atoms with Crippen LogP contribution in [0.1, 0.15) is 23.9 Å². The quantitative estimate of drug-likeness (QED) is 0.608. The number of para-hydroxylation sites is 1. The largest absolute Gasteiger partial charge is 0.356 e. The third-order valence-electron chi connectivity index (χ3n) is 4.21. The van der Waals surface area contributed by atoms with Crippen molar-refractivity contribution < 1.29 is 0 Å². The van der Waals surface area contributed by atoms with Gasteiger partial charge in [-0.2, -0.15) is 0 Å². The molecule has 0 aliphatic carbocycles. The third-order valence-corrected chi connectivity index (χ3v) is 4.21. The van der Waals surface area contributed by atoms with Gasteiger partial charge < -0.3 is 9.88 Å². The number of benzene rings is 2. The van der Waals surface area contributed by atoms with Gasteiger partial charge in [-0.05, 0) is 63.2 Å². The van der Waals surface area contributed by atoms with E-state index in [9.17, 15) is 0 Å². The highest BCUT2D eigenvalue weighted by Crippen LogP contribution is 2.21. The summed E-state index contributed by atoms with van der Waals surface area (Å²) in [5.41, 5.74) is 6.82. The first kappa shape index (κ1) is 16.1. The fourth-order valence-electron chi connectivity index (χ4n) is 2.91. The van der Waals surface area contributed by atoms with Crippen LogP contribution in [0.2, 0.25) is 0 Å². The summed E-state index contributed by atoms with van der Waals surface area (Å²) in [7, 11) is 0. The standard InChI is InChI=1S/C21H23N3/c1-4-24-16(2)14-18(17(24)3)15-22-19-10-12-21(13-11-19)23-20-8-6-5-7-9-20/h5-15,23H,4H2,1-3H3. The molecule has 1 aromatic heterocycles. The zero-order valence-corrected chi connectivity index (χ0v) is 14.5. The minimum Gasteiger partial charge on any atom is -0.356 e. The predicted octanol–water partition coefficient (Wildman–Crippen LogP) is 5.62. The lowest BCUT2D eigenvalue weighted by atomic mass is 10.2. The van der Waals surface area contributed by atoms with Crippen LogP contribution in [-0.2, 0) is 6.54 Å². The van der Waals surface area contributed by atoms with Crippen molar-refractivity contribution in [2.24, 2.45) is 4.99 Å². The molecule has 0 saturated carbocycles. The number of aliphatic imine (C=N–C) groups is 1. The van der Waals surface area contributed by atoms with Gasteiger partial charge in [-0.15, -0.1) is 0 Å². The third kappa shape index (κ3) is 3.57. The molecule has 1 heterocycles. The zero-order valence-electron chi connectivity index (χ0n) is 14.5. The summed E-state index contributed by atoms with van der Waals surface area (Å²) in [5, 5.41) is 3.38. The van der Waals surface area contributed by atoms with Crippen LogP contribution in [-0.4, -0.2) is 10.8 Å². The normalized spacial score (nSPS) is 11.1.